The molecule has 68 heavy (non-hydrogen) atoms. The van der Waals surface area contributed by atoms with Crippen molar-refractivity contribution in [2.75, 3.05) is 41.3 Å². The summed E-state index contributed by atoms with van der Waals surface area (Å²) in [4.78, 5) is 54.1. The van der Waals surface area contributed by atoms with Gasteiger partial charge in [0.25, 0.3) is 0 Å². The largest absolute Gasteiger partial charge is 0.356 e. The minimum atomic E-state index is -0.542. The van der Waals surface area contributed by atoms with Gasteiger partial charge in [-0.1, -0.05) is 20.8 Å². The van der Waals surface area contributed by atoms with Gasteiger partial charge in [0.15, 0.2) is 0 Å². The number of aromatic nitrogens is 12. The highest BCUT2D eigenvalue weighted by Gasteiger charge is 2.29. The van der Waals surface area contributed by atoms with E-state index in [4.69, 9.17) is 30.1 Å². The molecule has 1 unspecified atom stereocenters. The number of amides is 1. The van der Waals surface area contributed by atoms with Gasteiger partial charge < -0.3 is 25.1 Å². The number of H-pyrrole nitrogens is 4. The number of rotatable bonds is 8. The van der Waals surface area contributed by atoms with E-state index >= 15 is 0 Å². The maximum absolute atomic E-state index is 12.7. The number of nitrogens with zero attached hydrogens (tertiary/aromatic N) is 10. The van der Waals surface area contributed by atoms with Crippen molar-refractivity contribution in [3.8, 4) is 45.3 Å². The molecule has 2 saturated heterocycles. The number of pyridine rings is 6. The van der Waals surface area contributed by atoms with Crippen molar-refractivity contribution in [1.82, 2.24) is 60.3 Å². The van der Waals surface area contributed by atoms with E-state index in [9.17, 15) is 4.79 Å². The number of hydrogen-bond donors (Lipinski definition) is 5. The lowest BCUT2D eigenvalue weighted by Crippen LogP contribution is -2.35. The van der Waals surface area contributed by atoms with E-state index in [1.165, 1.54) is 19.3 Å². The van der Waals surface area contributed by atoms with Gasteiger partial charge >= 0.3 is 0 Å². The summed E-state index contributed by atoms with van der Waals surface area (Å²) in [5.41, 5.74) is 14.2. The van der Waals surface area contributed by atoms with Crippen LogP contribution in [0.5, 0.6) is 0 Å². The summed E-state index contributed by atoms with van der Waals surface area (Å²) in [6.07, 6.45) is 16.5. The highest BCUT2D eigenvalue weighted by molar-refractivity contribution is 6.01. The Balaban J connectivity index is 0.886. The molecule has 2 fully saturated rings. The predicted molar refractivity (Wildman–Crippen MR) is 267 cm³/mol. The van der Waals surface area contributed by atoms with Crippen molar-refractivity contribution >= 4 is 67.1 Å². The van der Waals surface area contributed by atoms with Crippen LogP contribution in [-0.2, 0) is 4.79 Å². The highest BCUT2D eigenvalue weighted by atomic mass is 16.2. The van der Waals surface area contributed by atoms with Crippen LogP contribution in [0.4, 0.5) is 17.3 Å². The molecule has 2 aliphatic heterocycles. The normalized spacial score (nSPS) is 15.9. The van der Waals surface area contributed by atoms with E-state index in [1.807, 2.05) is 82.0 Å². The zero-order valence-electron chi connectivity index (χ0n) is 38.5. The first-order chi connectivity index (χ1) is 33.1. The maximum atomic E-state index is 12.7. The smallest absolute Gasteiger partial charge is 0.229 e. The first-order valence-corrected chi connectivity index (χ1v) is 23.5. The topological polar surface area (TPSA) is 202 Å². The summed E-state index contributed by atoms with van der Waals surface area (Å²) in [7, 11) is 0. The van der Waals surface area contributed by atoms with E-state index in [-0.39, 0.29) is 11.8 Å². The molecule has 12 rings (SSSR count). The SMILES string of the molecule is Cc1ccncc1-c1cc(C2CCCN(c3nccc4[nH]c(-c5n[nH]c6ccc(-c7cncc(NC(=O)C(C)(C)C)c7)nc56)cc34)C2)c2n[nH]c(-c3cc4c(N5CCCCC5)nccc4[nH]3)c2n1. The van der Waals surface area contributed by atoms with Crippen molar-refractivity contribution in [2.24, 2.45) is 5.41 Å². The molecular formula is C52H51N15O. The highest BCUT2D eigenvalue weighted by Crippen LogP contribution is 2.41. The molecule has 16 nitrogen and oxygen atoms in total. The second-order valence-electron chi connectivity index (χ2n) is 19.3. The molecule has 340 valence electrons. The summed E-state index contributed by atoms with van der Waals surface area (Å²) in [5.74, 6) is 1.99. The Bertz CT molecular complexity index is 3550. The van der Waals surface area contributed by atoms with Crippen molar-refractivity contribution < 1.29 is 4.79 Å². The number of anilines is 3. The molecule has 0 saturated carbocycles. The molecule has 10 aromatic rings. The second kappa shape index (κ2) is 16.4. The van der Waals surface area contributed by atoms with Gasteiger partial charge in [-0.25, -0.2) is 19.9 Å². The average Bonchev–Trinajstić information content (AvgIpc) is 4.18. The number of aryl methyl sites for hydroxylation is 1. The molecule has 0 aromatic carbocycles. The Labute approximate surface area is 391 Å². The van der Waals surface area contributed by atoms with Crippen LogP contribution in [0.3, 0.4) is 0 Å². The quantitative estimate of drug-likeness (QED) is 0.0971. The number of hydrogen-bond acceptors (Lipinski definition) is 11. The predicted octanol–water partition coefficient (Wildman–Crippen LogP) is 10.1. The molecule has 0 aliphatic carbocycles. The van der Waals surface area contributed by atoms with Gasteiger partial charge in [0.05, 0.1) is 51.2 Å². The van der Waals surface area contributed by atoms with Gasteiger partial charge in [-0.15, -0.1) is 0 Å². The van der Waals surface area contributed by atoms with Crippen LogP contribution in [0.25, 0.3) is 89.2 Å². The molecule has 1 amide bonds. The van der Waals surface area contributed by atoms with E-state index in [0.29, 0.717) is 17.1 Å². The van der Waals surface area contributed by atoms with Crippen molar-refractivity contribution in [2.45, 2.75) is 65.7 Å². The fourth-order valence-corrected chi connectivity index (χ4v) is 9.97. The first-order valence-electron chi connectivity index (χ1n) is 23.5. The van der Waals surface area contributed by atoms with E-state index < -0.39 is 5.41 Å². The van der Waals surface area contributed by atoms with Crippen molar-refractivity contribution in [1.29, 1.82) is 0 Å². The molecule has 16 heteroatoms. The molecule has 0 radical (unpaired) electrons. The number of carbonyl (C=O) groups excluding carboxylic acids is 1. The van der Waals surface area contributed by atoms with E-state index in [1.54, 1.807) is 12.4 Å². The molecule has 12 heterocycles. The fraction of sp³-hybridized carbons (Fsp3) is 0.288. The lowest BCUT2D eigenvalue weighted by atomic mass is 9.88. The van der Waals surface area contributed by atoms with Crippen LogP contribution in [0.15, 0.2) is 91.8 Å². The third-order valence-corrected chi connectivity index (χ3v) is 13.6. The summed E-state index contributed by atoms with van der Waals surface area (Å²) < 4.78 is 0. The second-order valence-corrected chi connectivity index (χ2v) is 19.3. The zero-order valence-corrected chi connectivity index (χ0v) is 38.5. The van der Waals surface area contributed by atoms with Gasteiger partial charge in [-0.05, 0) is 105 Å². The van der Waals surface area contributed by atoms with Crippen LogP contribution in [0.2, 0.25) is 0 Å². The fourth-order valence-electron chi connectivity index (χ4n) is 9.97. The lowest BCUT2D eigenvalue weighted by Gasteiger charge is -2.34. The molecule has 2 aliphatic rings. The monoisotopic (exact) mass is 901 g/mol. The van der Waals surface area contributed by atoms with E-state index in [0.717, 1.165) is 140 Å². The van der Waals surface area contributed by atoms with Gasteiger partial charge in [0.2, 0.25) is 5.91 Å². The number of carbonyl (C=O) groups is 1. The minimum absolute atomic E-state index is 0.0856. The summed E-state index contributed by atoms with van der Waals surface area (Å²) in [5, 5.41) is 21.5. The van der Waals surface area contributed by atoms with Gasteiger partial charge in [-0.3, -0.25) is 25.0 Å². The summed E-state index contributed by atoms with van der Waals surface area (Å²) in [6, 6.07) is 18.5. The Morgan fingerprint density at radius 2 is 1.44 bits per heavy atom. The third-order valence-electron chi connectivity index (χ3n) is 13.6. The number of piperidine rings is 2. The van der Waals surface area contributed by atoms with Crippen LogP contribution >= 0.6 is 0 Å². The molecule has 0 bridgehead atoms. The Morgan fingerprint density at radius 1 is 0.691 bits per heavy atom. The summed E-state index contributed by atoms with van der Waals surface area (Å²) in [6.45, 7) is 11.4. The molecule has 1 atom stereocenters. The van der Waals surface area contributed by atoms with Crippen molar-refractivity contribution in [3.05, 3.63) is 103 Å². The van der Waals surface area contributed by atoms with Crippen LogP contribution in [0.1, 0.15) is 69.9 Å². The first kappa shape index (κ1) is 41.4. The molecule has 0 spiro atoms. The van der Waals surface area contributed by atoms with Gasteiger partial charge in [0, 0.05) is 90.4 Å². The Hall–Kier alpha value is -8.01. The van der Waals surface area contributed by atoms with Crippen molar-refractivity contribution in [3.63, 3.8) is 0 Å². The van der Waals surface area contributed by atoms with Crippen LogP contribution in [-0.4, -0.2) is 92.4 Å². The van der Waals surface area contributed by atoms with Crippen LogP contribution < -0.4 is 15.1 Å². The van der Waals surface area contributed by atoms with E-state index in [2.05, 4.69) is 70.4 Å². The maximum Gasteiger partial charge on any atom is 0.229 e. The third kappa shape index (κ3) is 7.36. The molecule has 5 N–H and O–H groups in total. The van der Waals surface area contributed by atoms with Gasteiger partial charge in [0.1, 0.15) is 39.6 Å². The lowest BCUT2D eigenvalue weighted by molar-refractivity contribution is -0.123. The van der Waals surface area contributed by atoms with Gasteiger partial charge in [-0.2, -0.15) is 10.2 Å². The Kier molecular flexibility index (Phi) is 9.99. The zero-order chi connectivity index (χ0) is 46.1. The minimum Gasteiger partial charge on any atom is -0.356 e. The number of nitrogens with one attached hydrogen (secondary N) is 5. The molecular weight excluding hydrogens is 851 g/mol. The standard InChI is InChI=1S/C52H51N15O/c1-29-12-15-53-27-36(29)41-22-33(44-48(61-41)47(65-63-44)43-23-34-38(59-43)13-16-55-49(34)66-18-6-5-7-19-66)30-9-8-20-67(28-30)50-35-24-42(58-39(35)14-17-56-50)46-45-40(62-64-46)11-10-37(60-45)31-21-32(26-54-25-31)57-51(68)52(2,3)4/h10-17,21-27,30,58-59H,5-9,18-20,28H2,1-4H3,(H,57,68)(H,62,64)(H,63,65). The average molecular weight is 902 g/mol. The molecule has 10 aromatic heterocycles. The Morgan fingerprint density at radius 3 is 2.24 bits per heavy atom. The van der Waals surface area contributed by atoms with Crippen LogP contribution in [0, 0.1) is 12.3 Å². The number of fused-ring (bicyclic) bond motifs is 4. The number of aromatic amines is 4. The summed E-state index contributed by atoms with van der Waals surface area (Å²) >= 11 is 0.